The lowest BCUT2D eigenvalue weighted by atomic mass is 10.1. The van der Waals surface area contributed by atoms with E-state index >= 15 is 0 Å². The zero-order chi connectivity index (χ0) is 22.5. The van der Waals surface area contributed by atoms with E-state index in [4.69, 9.17) is 9.47 Å². The lowest BCUT2D eigenvalue weighted by Gasteiger charge is -2.16. The SMILES string of the molecule is CCCCCCCCC(C)Nc1nc[n+](CC(=O)c2ccccc2)c(COC)c1OC. The van der Waals surface area contributed by atoms with Gasteiger partial charge in [0.2, 0.25) is 11.5 Å². The Morgan fingerprint density at radius 2 is 1.81 bits per heavy atom. The number of ketones is 1. The molecule has 0 aliphatic heterocycles. The van der Waals surface area contributed by atoms with Gasteiger partial charge in [-0.3, -0.25) is 4.79 Å². The van der Waals surface area contributed by atoms with Gasteiger partial charge in [-0.05, 0) is 18.3 Å². The Morgan fingerprint density at radius 3 is 2.48 bits per heavy atom. The molecule has 0 bridgehead atoms. The second-order valence-corrected chi connectivity index (χ2v) is 8.03. The molecule has 0 saturated heterocycles. The highest BCUT2D eigenvalue weighted by molar-refractivity contribution is 5.94. The molecule has 170 valence electrons. The molecule has 6 nitrogen and oxygen atoms in total. The number of methoxy groups -OCH3 is 2. The number of rotatable bonds is 15. The molecule has 0 radical (unpaired) electrons. The second-order valence-electron chi connectivity index (χ2n) is 8.03. The number of hydrogen-bond acceptors (Lipinski definition) is 5. The van der Waals surface area contributed by atoms with Crippen LogP contribution < -0.4 is 14.6 Å². The molecule has 1 aromatic heterocycles. The number of unbranched alkanes of at least 4 members (excludes halogenated alkanes) is 5. The maximum atomic E-state index is 12.7. The summed E-state index contributed by atoms with van der Waals surface area (Å²) in [4.78, 5) is 17.3. The predicted molar refractivity (Wildman–Crippen MR) is 124 cm³/mol. The van der Waals surface area contributed by atoms with Crippen molar-refractivity contribution >= 4 is 11.6 Å². The van der Waals surface area contributed by atoms with E-state index in [1.54, 1.807) is 25.1 Å². The van der Waals surface area contributed by atoms with Gasteiger partial charge in [-0.1, -0.05) is 75.8 Å². The van der Waals surface area contributed by atoms with Gasteiger partial charge in [-0.25, -0.2) is 4.57 Å². The number of nitrogens with one attached hydrogen (secondary N) is 1. The minimum Gasteiger partial charge on any atom is -0.488 e. The quantitative estimate of drug-likeness (QED) is 0.247. The smallest absolute Gasteiger partial charge is 0.289 e. The number of aromatic nitrogens is 2. The van der Waals surface area contributed by atoms with Crippen molar-refractivity contribution in [3.63, 3.8) is 0 Å². The van der Waals surface area contributed by atoms with E-state index in [1.807, 2.05) is 30.3 Å². The largest absolute Gasteiger partial charge is 0.488 e. The van der Waals surface area contributed by atoms with E-state index in [-0.39, 0.29) is 18.4 Å². The van der Waals surface area contributed by atoms with Crippen molar-refractivity contribution in [3.05, 3.63) is 47.9 Å². The summed E-state index contributed by atoms with van der Waals surface area (Å²) in [5, 5.41) is 3.48. The molecule has 0 spiro atoms. The molecule has 0 amide bonds. The fourth-order valence-corrected chi connectivity index (χ4v) is 3.67. The van der Waals surface area contributed by atoms with E-state index in [1.165, 1.54) is 38.5 Å². The summed E-state index contributed by atoms with van der Waals surface area (Å²) in [5.74, 6) is 1.33. The van der Waals surface area contributed by atoms with Gasteiger partial charge in [0.15, 0.2) is 12.2 Å². The van der Waals surface area contributed by atoms with Crippen LogP contribution >= 0.6 is 0 Å². The van der Waals surface area contributed by atoms with E-state index in [2.05, 4.69) is 24.1 Å². The average molecular weight is 429 g/mol. The molecule has 1 atom stereocenters. The molecule has 2 rings (SSSR count). The van der Waals surface area contributed by atoms with Crippen LogP contribution in [0, 0.1) is 0 Å². The normalized spacial score (nSPS) is 11.9. The first-order chi connectivity index (χ1) is 15.1. The molecule has 1 unspecified atom stereocenters. The van der Waals surface area contributed by atoms with Crippen molar-refractivity contribution in [2.75, 3.05) is 19.5 Å². The minimum atomic E-state index is 0.0176. The Labute approximate surface area is 187 Å². The van der Waals surface area contributed by atoms with Crippen LogP contribution in [0.1, 0.15) is 74.8 Å². The summed E-state index contributed by atoms with van der Waals surface area (Å²) in [7, 11) is 3.26. The summed E-state index contributed by atoms with van der Waals surface area (Å²) in [6, 6.07) is 9.56. The van der Waals surface area contributed by atoms with E-state index in [0.29, 0.717) is 23.7 Å². The zero-order valence-electron chi connectivity index (χ0n) is 19.5. The molecule has 0 aliphatic rings. The van der Waals surface area contributed by atoms with Crippen LogP contribution in [0.2, 0.25) is 0 Å². The number of benzene rings is 1. The van der Waals surface area contributed by atoms with E-state index in [9.17, 15) is 4.79 Å². The molecule has 0 aliphatic carbocycles. The number of Topliss-reactive ketones (excluding diaryl/α,β-unsaturated/α-hetero) is 1. The van der Waals surface area contributed by atoms with Crippen molar-refractivity contribution in [1.82, 2.24) is 4.98 Å². The molecule has 1 N–H and O–H groups in total. The van der Waals surface area contributed by atoms with Crippen molar-refractivity contribution < 1.29 is 18.8 Å². The van der Waals surface area contributed by atoms with Gasteiger partial charge >= 0.3 is 0 Å². The number of carbonyl (C=O) groups excluding carboxylic acids is 1. The van der Waals surface area contributed by atoms with E-state index < -0.39 is 0 Å². The average Bonchev–Trinajstić information content (AvgIpc) is 2.78. The van der Waals surface area contributed by atoms with Crippen LogP contribution in [0.3, 0.4) is 0 Å². The Bertz CT molecular complexity index is 796. The van der Waals surface area contributed by atoms with Gasteiger partial charge in [0.25, 0.3) is 12.1 Å². The standard InChI is InChI=1S/C25H37N3O3/c1-5-6-7-8-9-11-14-20(2)27-25-24(31-4)22(18-30-3)28(19-26-25)17-23(29)21-15-12-10-13-16-21/h10,12-13,15-16,19-20H,5-9,11,14,17-18H2,1-4H3/p+1. The van der Waals surface area contributed by atoms with Gasteiger partial charge in [0.05, 0.1) is 7.11 Å². The molecule has 6 heteroatoms. The first-order valence-electron chi connectivity index (χ1n) is 11.4. The highest BCUT2D eigenvalue weighted by Gasteiger charge is 2.25. The lowest BCUT2D eigenvalue weighted by Crippen LogP contribution is -2.43. The number of ether oxygens (including phenoxy) is 2. The van der Waals surface area contributed by atoms with Gasteiger partial charge in [-0.2, -0.15) is 0 Å². The Hall–Kier alpha value is -2.47. The first kappa shape index (κ1) is 24.8. The van der Waals surface area contributed by atoms with Gasteiger partial charge in [0.1, 0.15) is 6.61 Å². The number of anilines is 1. The van der Waals surface area contributed by atoms with Crippen molar-refractivity contribution in [2.24, 2.45) is 0 Å². The van der Waals surface area contributed by atoms with Crippen LogP contribution in [0.5, 0.6) is 5.75 Å². The number of hydrogen-bond donors (Lipinski definition) is 1. The predicted octanol–water partition coefficient (Wildman–Crippen LogP) is 4.96. The summed E-state index contributed by atoms with van der Waals surface area (Å²) < 4.78 is 12.9. The van der Waals surface area contributed by atoms with E-state index in [0.717, 1.165) is 12.1 Å². The maximum absolute atomic E-state index is 12.7. The third kappa shape index (κ3) is 7.94. The summed E-state index contributed by atoms with van der Waals surface area (Å²) >= 11 is 0. The molecule has 2 aromatic rings. The molecule has 31 heavy (non-hydrogen) atoms. The van der Waals surface area contributed by atoms with Crippen molar-refractivity contribution in [2.45, 2.75) is 78.0 Å². The topological polar surface area (TPSA) is 64.3 Å². The summed E-state index contributed by atoms with van der Waals surface area (Å²) in [6.45, 7) is 4.92. The Morgan fingerprint density at radius 1 is 1.10 bits per heavy atom. The fraction of sp³-hybridized carbons (Fsp3) is 0.560. The summed E-state index contributed by atoms with van der Waals surface area (Å²) in [6.07, 6.45) is 10.5. The Balaban J connectivity index is 2.07. The molecule has 1 heterocycles. The monoisotopic (exact) mass is 428 g/mol. The van der Waals surface area contributed by atoms with Gasteiger partial charge in [0, 0.05) is 18.7 Å². The van der Waals surface area contributed by atoms with Crippen LogP contribution in [0.25, 0.3) is 0 Å². The highest BCUT2D eigenvalue weighted by atomic mass is 16.5. The molecule has 1 aromatic carbocycles. The fourth-order valence-electron chi connectivity index (χ4n) is 3.67. The lowest BCUT2D eigenvalue weighted by molar-refractivity contribution is -0.695. The van der Waals surface area contributed by atoms with Crippen LogP contribution in [-0.2, 0) is 17.9 Å². The maximum Gasteiger partial charge on any atom is 0.289 e. The number of carbonyl (C=O) groups is 1. The summed E-state index contributed by atoms with van der Waals surface area (Å²) in [5.41, 5.74) is 1.46. The molecular weight excluding hydrogens is 390 g/mol. The van der Waals surface area contributed by atoms with Crippen LogP contribution in [-0.4, -0.2) is 31.0 Å². The zero-order valence-corrected chi connectivity index (χ0v) is 19.5. The van der Waals surface area contributed by atoms with Crippen molar-refractivity contribution in [1.29, 1.82) is 0 Å². The van der Waals surface area contributed by atoms with Crippen LogP contribution in [0.4, 0.5) is 5.82 Å². The Kier molecular flexibility index (Phi) is 11.0. The number of nitrogens with zero attached hydrogens (tertiary/aromatic N) is 2. The first-order valence-corrected chi connectivity index (χ1v) is 11.4. The third-order valence-corrected chi connectivity index (χ3v) is 5.42. The van der Waals surface area contributed by atoms with Crippen LogP contribution in [0.15, 0.2) is 36.7 Å². The minimum absolute atomic E-state index is 0.0176. The second kappa shape index (κ2) is 13.8. The molecule has 0 fully saturated rings. The third-order valence-electron chi connectivity index (χ3n) is 5.42. The van der Waals surface area contributed by atoms with Crippen molar-refractivity contribution in [3.8, 4) is 5.75 Å². The highest BCUT2D eigenvalue weighted by Crippen LogP contribution is 2.26. The molecule has 0 saturated carbocycles. The van der Waals surface area contributed by atoms with Gasteiger partial charge < -0.3 is 14.8 Å². The molecular formula is C25H38N3O3+. The van der Waals surface area contributed by atoms with Gasteiger partial charge in [-0.15, -0.1) is 0 Å².